The van der Waals surface area contributed by atoms with E-state index >= 15 is 0 Å². The van der Waals surface area contributed by atoms with Crippen molar-refractivity contribution in [2.45, 2.75) is 34.6 Å². The Morgan fingerprint density at radius 2 is 1.23 bits per heavy atom. The highest BCUT2D eigenvalue weighted by Gasteiger charge is 2.75. The molecular formula is C21H28O9. The minimum absolute atomic E-state index is 0.00529. The molecule has 0 spiro atoms. The number of carbonyl (C=O) groups is 4. The third-order valence-corrected chi connectivity index (χ3v) is 6.46. The molecule has 4 atom stereocenters. The summed E-state index contributed by atoms with van der Waals surface area (Å²) in [6.07, 6.45) is 0. The zero-order valence-corrected chi connectivity index (χ0v) is 18.3. The lowest BCUT2D eigenvalue weighted by Crippen LogP contribution is -2.48. The standard InChI is InChI=1S/C21H28O9/c1-8-29-18(25)12-10(3)11(16(23)27-6)20(4)14(19(26)30-9-2)15(22)13(17(24)28-7)21(12,20)5/h11,13,22H,8-9H2,1-7H3. The van der Waals surface area contributed by atoms with E-state index in [-0.39, 0.29) is 24.4 Å². The average Bonchev–Trinajstić information content (AvgIpc) is 2.96. The lowest BCUT2D eigenvalue weighted by Gasteiger charge is -2.42. The van der Waals surface area contributed by atoms with Crippen molar-refractivity contribution in [2.24, 2.45) is 22.7 Å². The molecule has 9 nitrogen and oxygen atoms in total. The van der Waals surface area contributed by atoms with Gasteiger partial charge < -0.3 is 24.1 Å². The van der Waals surface area contributed by atoms with Gasteiger partial charge >= 0.3 is 23.9 Å². The molecule has 2 aliphatic carbocycles. The van der Waals surface area contributed by atoms with Gasteiger partial charge in [-0.3, -0.25) is 9.59 Å². The molecule has 2 rings (SSSR count). The first kappa shape index (κ1) is 23.4. The fourth-order valence-corrected chi connectivity index (χ4v) is 5.17. The van der Waals surface area contributed by atoms with Crippen molar-refractivity contribution in [1.82, 2.24) is 0 Å². The summed E-state index contributed by atoms with van der Waals surface area (Å²) in [7, 11) is 2.31. The van der Waals surface area contributed by atoms with E-state index in [0.717, 1.165) is 7.11 Å². The molecule has 0 amide bonds. The largest absolute Gasteiger partial charge is 0.511 e. The van der Waals surface area contributed by atoms with Gasteiger partial charge in [-0.05, 0) is 26.3 Å². The molecule has 4 unspecified atom stereocenters. The van der Waals surface area contributed by atoms with Crippen molar-refractivity contribution in [2.75, 3.05) is 27.4 Å². The molecule has 0 aliphatic heterocycles. The average molecular weight is 424 g/mol. The minimum atomic E-state index is -1.53. The number of aliphatic hydroxyl groups is 1. The highest BCUT2D eigenvalue weighted by Crippen LogP contribution is 2.71. The van der Waals surface area contributed by atoms with Crippen LogP contribution in [-0.4, -0.2) is 56.4 Å². The first-order chi connectivity index (χ1) is 14.0. The molecule has 0 bridgehead atoms. The number of hydrogen-bond donors (Lipinski definition) is 1. The van der Waals surface area contributed by atoms with Gasteiger partial charge in [-0.15, -0.1) is 0 Å². The first-order valence-corrected chi connectivity index (χ1v) is 9.65. The Hall–Kier alpha value is -2.84. The van der Waals surface area contributed by atoms with Crippen LogP contribution in [-0.2, 0) is 38.1 Å². The summed E-state index contributed by atoms with van der Waals surface area (Å²) in [5.41, 5.74) is -2.98. The maximum absolute atomic E-state index is 13.0. The van der Waals surface area contributed by atoms with Crippen LogP contribution in [0.15, 0.2) is 22.5 Å². The maximum Gasteiger partial charge on any atom is 0.338 e. The van der Waals surface area contributed by atoms with Gasteiger partial charge in [0, 0.05) is 16.4 Å². The summed E-state index contributed by atoms with van der Waals surface area (Å²) < 4.78 is 20.2. The van der Waals surface area contributed by atoms with Crippen molar-refractivity contribution in [3.05, 3.63) is 22.5 Å². The summed E-state index contributed by atoms with van der Waals surface area (Å²) in [6.45, 7) is 7.89. The van der Waals surface area contributed by atoms with Crippen molar-refractivity contribution >= 4 is 23.9 Å². The Bertz CT molecular complexity index is 783. The Labute approximate surface area is 175 Å². The van der Waals surface area contributed by atoms with Gasteiger partial charge in [0.15, 0.2) is 0 Å². The van der Waals surface area contributed by atoms with Crippen molar-refractivity contribution < 1.29 is 43.2 Å². The van der Waals surface area contributed by atoms with Gasteiger partial charge in [0.05, 0.1) is 38.9 Å². The quantitative estimate of drug-likeness (QED) is 0.502. The number of fused-ring (bicyclic) bond motifs is 1. The van der Waals surface area contributed by atoms with E-state index in [1.807, 2.05) is 0 Å². The lowest BCUT2D eigenvalue weighted by atomic mass is 9.58. The van der Waals surface area contributed by atoms with Crippen LogP contribution in [0.4, 0.5) is 0 Å². The molecule has 0 saturated heterocycles. The Kier molecular flexibility index (Phi) is 6.34. The summed E-state index contributed by atoms with van der Waals surface area (Å²) in [6, 6.07) is 0. The second kappa shape index (κ2) is 8.12. The highest BCUT2D eigenvalue weighted by atomic mass is 16.5. The van der Waals surface area contributed by atoms with Crippen LogP contribution in [0.5, 0.6) is 0 Å². The van der Waals surface area contributed by atoms with Crippen LogP contribution in [0, 0.1) is 22.7 Å². The zero-order chi connectivity index (χ0) is 23.0. The number of aliphatic hydroxyl groups excluding tert-OH is 1. The minimum Gasteiger partial charge on any atom is -0.511 e. The Morgan fingerprint density at radius 1 is 0.833 bits per heavy atom. The molecule has 0 aromatic heterocycles. The van der Waals surface area contributed by atoms with Gasteiger partial charge in [-0.2, -0.15) is 0 Å². The molecule has 30 heavy (non-hydrogen) atoms. The molecule has 166 valence electrons. The molecule has 0 aromatic rings. The molecule has 0 aromatic carbocycles. The highest BCUT2D eigenvalue weighted by molar-refractivity contribution is 6.03. The number of carbonyl (C=O) groups excluding carboxylic acids is 4. The third-order valence-electron chi connectivity index (χ3n) is 6.46. The fraction of sp³-hybridized carbons (Fsp3) is 0.619. The van der Waals surface area contributed by atoms with Gasteiger partial charge in [0.25, 0.3) is 0 Å². The zero-order valence-electron chi connectivity index (χ0n) is 18.3. The first-order valence-electron chi connectivity index (χ1n) is 9.65. The number of hydrogen-bond acceptors (Lipinski definition) is 9. The fourth-order valence-electron chi connectivity index (χ4n) is 5.17. The Balaban J connectivity index is 2.94. The normalized spacial score (nSPS) is 30.1. The monoisotopic (exact) mass is 424 g/mol. The number of ether oxygens (including phenoxy) is 4. The van der Waals surface area contributed by atoms with E-state index in [1.54, 1.807) is 20.8 Å². The molecule has 1 N–H and O–H groups in total. The van der Waals surface area contributed by atoms with Gasteiger partial charge in [-0.1, -0.05) is 13.8 Å². The van der Waals surface area contributed by atoms with Crippen LogP contribution < -0.4 is 0 Å². The number of methoxy groups -OCH3 is 2. The smallest absolute Gasteiger partial charge is 0.338 e. The van der Waals surface area contributed by atoms with Gasteiger partial charge in [0.2, 0.25) is 0 Å². The van der Waals surface area contributed by atoms with E-state index in [2.05, 4.69) is 0 Å². The second-order valence-corrected chi connectivity index (χ2v) is 7.58. The molecular weight excluding hydrogens is 396 g/mol. The van der Waals surface area contributed by atoms with E-state index in [4.69, 9.17) is 18.9 Å². The molecule has 0 radical (unpaired) electrons. The number of esters is 4. The summed E-state index contributed by atoms with van der Waals surface area (Å²) >= 11 is 0. The van der Waals surface area contributed by atoms with Crippen LogP contribution in [0.25, 0.3) is 0 Å². The lowest BCUT2D eigenvalue weighted by molar-refractivity contribution is -0.157. The molecule has 0 heterocycles. The summed E-state index contributed by atoms with van der Waals surface area (Å²) in [4.78, 5) is 51.5. The second-order valence-electron chi connectivity index (χ2n) is 7.58. The predicted molar refractivity (Wildman–Crippen MR) is 103 cm³/mol. The topological polar surface area (TPSA) is 125 Å². The Morgan fingerprint density at radius 3 is 1.67 bits per heavy atom. The number of rotatable bonds is 6. The molecule has 2 aliphatic rings. The summed E-state index contributed by atoms with van der Waals surface area (Å²) in [5.74, 6) is -6.36. The van der Waals surface area contributed by atoms with Gasteiger partial charge in [0.1, 0.15) is 11.7 Å². The predicted octanol–water partition coefficient (Wildman–Crippen LogP) is 1.86. The van der Waals surface area contributed by atoms with Crippen molar-refractivity contribution in [1.29, 1.82) is 0 Å². The van der Waals surface area contributed by atoms with E-state index < -0.39 is 52.3 Å². The van der Waals surface area contributed by atoms with Crippen LogP contribution >= 0.6 is 0 Å². The van der Waals surface area contributed by atoms with Gasteiger partial charge in [-0.25, -0.2) is 9.59 Å². The third kappa shape index (κ3) is 2.82. The maximum atomic E-state index is 13.0. The van der Waals surface area contributed by atoms with E-state index in [0.29, 0.717) is 5.57 Å². The van der Waals surface area contributed by atoms with Crippen LogP contribution in [0.3, 0.4) is 0 Å². The van der Waals surface area contributed by atoms with Crippen molar-refractivity contribution in [3.8, 4) is 0 Å². The van der Waals surface area contributed by atoms with E-state index in [1.165, 1.54) is 21.0 Å². The SMILES string of the molecule is CCOC(=O)C1=C(C)C(C(=O)OC)C2(C)C(C(=O)OCC)=C(O)C(C(=O)OC)C12C. The molecule has 0 fully saturated rings. The molecule has 0 saturated carbocycles. The van der Waals surface area contributed by atoms with Crippen molar-refractivity contribution in [3.63, 3.8) is 0 Å². The molecule has 9 heteroatoms. The summed E-state index contributed by atoms with van der Waals surface area (Å²) in [5, 5.41) is 11.0. The van der Waals surface area contributed by atoms with Crippen LogP contribution in [0.1, 0.15) is 34.6 Å². The van der Waals surface area contributed by atoms with E-state index in [9.17, 15) is 24.3 Å². The van der Waals surface area contributed by atoms with Crippen LogP contribution in [0.2, 0.25) is 0 Å².